The third-order valence-electron chi connectivity index (χ3n) is 2.11. The van der Waals surface area contributed by atoms with Gasteiger partial charge in [0.1, 0.15) is 5.82 Å². The van der Waals surface area contributed by atoms with Crippen molar-refractivity contribution in [1.82, 2.24) is 4.90 Å². The minimum Gasteiger partial charge on any atom is -0.396 e. The molecule has 0 fully saturated rings. The number of nitrogens with two attached hydrogens (primary N) is 1. The molecule has 96 valence electrons. The third kappa shape index (κ3) is 4.55. The summed E-state index contributed by atoms with van der Waals surface area (Å²) in [7, 11) is 6.00. The van der Waals surface area contributed by atoms with Gasteiger partial charge < -0.3 is 10.6 Å². The van der Waals surface area contributed by atoms with E-state index in [-0.39, 0.29) is 11.5 Å². The van der Waals surface area contributed by atoms with Crippen molar-refractivity contribution < 1.29 is 4.39 Å². The van der Waals surface area contributed by atoms with Crippen LogP contribution in [0.25, 0.3) is 11.1 Å². The maximum Gasteiger partial charge on any atom is 0.146 e. The zero-order chi connectivity index (χ0) is 13.5. The molecule has 0 amide bonds. The summed E-state index contributed by atoms with van der Waals surface area (Å²) < 4.78 is 13.1. The molecule has 0 radical (unpaired) electrons. The molecule has 2 aromatic carbocycles. The Labute approximate surface area is 108 Å². The summed E-state index contributed by atoms with van der Waals surface area (Å²) >= 11 is 0. The van der Waals surface area contributed by atoms with Crippen LogP contribution < -0.4 is 5.73 Å². The fourth-order valence-corrected chi connectivity index (χ4v) is 1.34. The van der Waals surface area contributed by atoms with Gasteiger partial charge in [0, 0.05) is 0 Å². The van der Waals surface area contributed by atoms with Crippen molar-refractivity contribution in [1.29, 1.82) is 0 Å². The Morgan fingerprint density at radius 2 is 1.44 bits per heavy atom. The Kier molecular flexibility index (Phi) is 5.33. The van der Waals surface area contributed by atoms with Gasteiger partial charge in [-0.25, -0.2) is 4.39 Å². The maximum absolute atomic E-state index is 13.1. The van der Waals surface area contributed by atoms with Gasteiger partial charge in [0.05, 0.1) is 5.69 Å². The van der Waals surface area contributed by atoms with Gasteiger partial charge in [-0.2, -0.15) is 0 Å². The summed E-state index contributed by atoms with van der Waals surface area (Å²) in [5, 5.41) is 0. The van der Waals surface area contributed by atoms with Gasteiger partial charge in [-0.15, -0.1) is 0 Å². The van der Waals surface area contributed by atoms with Gasteiger partial charge in [-0.05, 0) is 44.4 Å². The molecule has 2 rings (SSSR count). The number of anilines is 1. The smallest absolute Gasteiger partial charge is 0.146 e. The van der Waals surface area contributed by atoms with Crippen LogP contribution in [0.2, 0.25) is 0 Å². The molecular formula is C15H19FN2. The molecule has 2 N–H and O–H groups in total. The molecule has 0 aromatic heterocycles. The molecule has 0 aliphatic carbocycles. The van der Waals surface area contributed by atoms with Crippen LogP contribution in [-0.4, -0.2) is 26.0 Å². The molecule has 0 aliphatic heterocycles. The fraction of sp³-hybridized carbons (Fsp3) is 0.200. The summed E-state index contributed by atoms with van der Waals surface area (Å²) in [6, 6.07) is 14.5. The first-order chi connectivity index (χ1) is 8.50. The lowest BCUT2D eigenvalue weighted by molar-refractivity contribution is 0.505. The SMILES string of the molecule is CN(C)C.Nc1ccc(-c2ccccc2)cc1F. The van der Waals surface area contributed by atoms with Gasteiger partial charge in [0.25, 0.3) is 0 Å². The highest BCUT2D eigenvalue weighted by molar-refractivity contribution is 5.65. The van der Waals surface area contributed by atoms with E-state index in [2.05, 4.69) is 0 Å². The number of nitrogens with zero attached hydrogens (tertiary/aromatic N) is 1. The molecular weight excluding hydrogens is 227 g/mol. The standard InChI is InChI=1S/C12H10FN.C3H9N/c13-11-8-10(6-7-12(11)14)9-4-2-1-3-5-9;1-4(2)3/h1-8H,14H2;1-3H3. The molecule has 2 aromatic rings. The number of hydrogen-bond acceptors (Lipinski definition) is 2. The Morgan fingerprint density at radius 3 is 1.94 bits per heavy atom. The normalized spacial score (nSPS) is 9.83. The predicted molar refractivity (Wildman–Crippen MR) is 75.9 cm³/mol. The molecule has 0 saturated carbocycles. The molecule has 0 aliphatic rings. The monoisotopic (exact) mass is 246 g/mol. The quantitative estimate of drug-likeness (QED) is 0.783. The topological polar surface area (TPSA) is 29.3 Å². The van der Waals surface area contributed by atoms with E-state index in [4.69, 9.17) is 5.73 Å². The van der Waals surface area contributed by atoms with Gasteiger partial charge in [-0.3, -0.25) is 0 Å². The zero-order valence-corrected chi connectivity index (χ0v) is 11.0. The molecule has 0 atom stereocenters. The first-order valence-electron chi connectivity index (χ1n) is 5.72. The minimum absolute atomic E-state index is 0.185. The summed E-state index contributed by atoms with van der Waals surface area (Å²) in [6.45, 7) is 0. The molecule has 0 unspecified atom stereocenters. The first-order valence-corrected chi connectivity index (χ1v) is 5.72. The van der Waals surface area contributed by atoms with Gasteiger partial charge in [0.2, 0.25) is 0 Å². The van der Waals surface area contributed by atoms with Crippen LogP contribution in [-0.2, 0) is 0 Å². The van der Waals surface area contributed by atoms with Crippen LogP contribution >= 0.6 is 0 Å². The van der Waals surface area contributed by atoms with Gasteiger partial charge in [0.15, 0.2) is 0 Å². The minimum atomic E-state index is -0.369. The second-order valence-corrected chi connectivity index (χ2v) is 4.44. The summed E-state index contributed by atoms with van der Waals surface area (Å²) in [5.74, 6) is -0.369. The van der Waals surface area contributed by atoms with E-state index in [1.807, 2.05) is 62.4 Å². The third-order valence-corrected chi connectivity index (χ3v) is 2.11. The summed E-state index contributed by atoms with van der Waals surface area (Å²) in [4.78, 5) is 2.00. The lowest BCUT2D eigenvalue weighted by atomic mass is 10.1. The highest BCUT2D eigenvalue weighted by Gasteiger charge is 2.01. The van der Waals surface area contributed by atoms with E-state index in [1.54, 1.807) is 6.07 Å². The average molecular weight is 246 g/mol. The van der Waals surface area contributed by atoms with Crippen LogP contribution in [0.1, 0.15) is 0 Å². The number of hydrogen-bond donors (Lipinski definition) is 1. The van der Waals surface area contributed by atoms with Crippen molar-refractivity contribution in [2.45, 2.75) is 0 Å². The largest absolute Gasteiger partial charge is 0.396 e. The Bertz CT molecular complexity index is 478. The van der Waals surface area contributed by atoms with Crippen molar-refractivity contribution in [3.8, 4) is 11.1 Å². The van der Waals surface area contributed by atoms with E-state index in [9.17, 15) is 4.39 Å². The lowest BCUT2D eigenvalue weighted by Gasteiger charge is -2.02. The van der Waals surface area contributed by atoms with Crippen LogP contribution in [0.3, 0.4) is 0 Å². The Balaban J connectivity index is 0.000000357. The lowest BCUT2D eigenvalue weighted by Crippen LogP contribution is -1.99. The van der Waals surface area contributed by atoms with Crippen molar-refractivity contribution in [2.75, 3.05) is 26.9 Å². The molecule has 18 heavy (non-hydrogen) atoms. The van der Waals surface area contributed by atoms with Crippen LogP contribution in [0.5, 0.6) is 0 Å². The Morgan fingerprint density at radius 1 is 0.889 bits per heavy atom. The average Bonchev–Trinajstić information content (AvgIpc) is 2.33. The second-order valence-electron chi connectivity index (χ2n) is 4.44. The number of halogens is 1. The number of rotatable bonds is 1. The molecule has 0 spiro atoms. The number of benzene rings is 2. The molecule has 2 nitrogen and oxygen atoms in total. The highest BCUT2D eigenvalue weighted by atomic mass is 19.1. The van der Waals surface area contributed by atoms with E-state index in [1.165, 1.54) is 6.07 Å². The summed E-state index contributed by atoms with van der Waals surface area (Å²) in [6.07, 6.45) is 0. The van der Waals surface area contributed by atoms with Crippen molar-refractivity contribution >= 4 is 5.69 Å². The van der Waals surface area contributed by atoms with Crippen LogP contribution in [0.4, 0.5) is 10.1 Å². The fourth-order valence-electron chi connectivity index (χ4n) is 1.34. The molecule has 0 bridgehead atoms. The van der Waals surface area contributed by atoms with Crippen molar-refractivity contribution in [3.63, 3.8) is 0 Å². The molecule has 0 heterocycles. The van der Waals surface area contributed by atoms with E-state index in [0.29, 0.717) is 0 Å². The predicted octanol–water partition coefficient (Wildman–Crippen LogP) is 3.25. The van der Waals surface area contributed by atoms with Gasteiger partial charge in [-0.1, -0.05) is 36.4 Å². The highest BCUT2D eigenvalue weighted by Crippen LogP contribution is 2.22. The van der Waals surface area contributed by atoms with Crippen molar-refractivity contribution in [2.24, 2.45) is 0 Å². The van der Waals surface area contributed by atoms with E-state index in [0.717, 1.165) is 11.1 Å². The van der Waals surface area contributed by atoms with E-state index >= 15 is 0 Å². The zero-order valence-electron chi connectivity index (χ0n) is 11.0. The molecule has 3 heteroatoms. The van der Waals surface area contributed by atoms with Crippen molar-refractivity contribution in [3.05, 3.63) is 54.3 Å². The van der Waals surface area contributed by atoms with E-state index < -0.39 is 0 Å². The van der Waals surface area contributed by atoms with Gasteiger partial charge >= 0.3 is 0 Å². The molecule has 0 saturated heterocycles. The van der Waals surface area contributed by atoms with Crippen LogP contribution in [0, 0.1) is 5.82 Å². The Hall–Kier alpha value is -1.87. The first kappa shape index (κ1) is 14.2. The summed E-state index contributed by atoms with van der Waals surface area (Å²) in [5.41, 5.74) is 7.41. The van der Waals surface area contributed by atoms with Crippen LogP contribution in [0.15, 0.2) is 48.5 Å². The number of nitrogen functional groups attached to an aromatic ring is 1. The second kappa shape index (κ2) is 6.77. The maximum atomic E-state index is 13.1.